The molecule has 1 atom stereocenters. The van der Waals surface area contributed by atoms with Crippen LogP contribution in [0.25, 0.3) is 0 Å². The SMILES string of the molecule is Cc1cc(C2CC(=O)OC2=O)ccc1Cl. The summed E-state index contributed by atoms with van der Waals surface area (Å²) in [5.41, 5.74) is 1.68. The lowest BCUT2D eigenvalue weighted by Gasteiger charge is -2.06. The third-order valence-corrected chi connectivity index (χ3v) is 2.88. The highest BCUT2D eigenvalue weighted by Crippen LogP contribution is 2.29. The van der Waals surface area contributed by atoms with Crippen LogP contribution in [0.5, 0.6) is 0 Å². The minimum Gasteiger partial charge on any atom is -0.393 e. The minimum absolute atomic E-state index is 0.125. The molecule has 1 aromatic rings. The first-order valence-electron chi connectivity index (χ1n) is 4.58. The van der Waals surface area contributed by atoms with E-state index in [0.717, 1.165) is 11.1 Å². The smallest absolute Gasteiger partial charge is 0.321 e. The average Bonchev–Trinajstić information content (AvgIpc) is 2.50. The Kier molecular flexibility index (Phi) is 2.49. The molecular formula is C11H9ClO3. The molecule has 78 valence electrons. The van der Waals surface area contributed by atoms with Crippen molar-refractivity contribution in [1.29, 1.82) is 0 Å². The molecule has 1 unspecified atom stereocenters. The van der Waals surface area contributed by atoms with E-state index in [-0.39, 0.29) is 6.42 Å². The second-order valence-corrected chi connectivity index (χ2v) is 3.97. The Hall–Kier alpha value is -1.35. The van der Waals surface area contributed by atoms with Crippen LogP contribution in [-0.2, 0) is 14.3 Å². The van der Waals surface area contributed by atoms with Crippen molar-refractivity contribution in [3.05, 3.63) is 34.3 Å². The maximum absolute atomic E-state index is 11.3. The van der Waals surface area contributed by atoms with Gasteiger partial charge in [-0.25, -0.2) is 0 Å². The predicted molar refractivity (Wildman–Crippen MR) is 54.6 cm³/mol. The Morgan fingerprint density at radius 3 is 2.67 bits per heavy atom. The lowest BCUT2D eigenvalue weighted by molar-refractivity contribution is -0.152. The Balaban J connectivity index is 2.34. The fraction of sp³-hybridized carbons (Fsp3) is 0.273. The van der Waals surface area contributed by atoms with Crippen LogP contribution in [0.3, 0.4) is 0 Å². The molecule has 4 heteroatoms. The van der Waals surface area contributed by atoms with Crippen LogP contribution in [0.2, 0.25) is 5.02 Å². The number of halogens is 1. The van der Waals surface area contributed by atoms with Gasteiger partial charge in [0.2, 0.25) is 0 Å². The van der Waals surface area contributed by atoms with Gasteiger partial charge in [0.05, 0.1) is 12.3 Å². The summed E-state index contributed by atoms with van der Waals surface area (Å²) >= 11 is 5.87. The summed E-state index contributed by atoms with van der Waals surface area (Å²) in [4.78, 5) is 22.2. The van der Waals surface area contributed by atoms with Gasteiger partial charge in [0.25, 0.3) is 0 Å². The topological polar surface area (TPSA) is 43.4 Å². The maximum atomic E-state index is 11.3. The fourth-order valence-electron chi connectivity index (χ4n) is 1.61. The molecule has 1 aliphatic rings. The average molecular weight is 225 g/mol. The number of esters is 2. The molecule has 1 heterocycles. The lowest BCUT2D eigenvalue weighted by Crippen LogP contribution is -2.05. The highest BCUT2D eigenvalue weighted by atomic mass is 35.5. The van der Waals surface area contributed by atoms with E-state index in [1.807, 2.05) is 13.0 Å². The summed E-state index contributed by atoms with van der Waals surface area (Å²) in [7, 11) is 0. The molecule has 0 saturated carbocycles. The number of rotatable bonds is 1. The van der Waals surface area contributed by atoms with Gasteiger partial charge in [-0.1, -0.05) is 23.7 Å². The summed E-state index contributed by atoms with van der Waals surface area (Å²) in [5.74, 6) is -1.40. The van der Waals surface area contributed by atoms with Crippen molar-refractivity contribution in [1.82, 2.24) is 0 Å². The first kappa shape index (κ1) is 10.2. The largest absolute Gasteiger partial charge is 0.393 e. The Labute approximate surface area is 92.0 Å². The molecule has 2 rings (SSSR count). The van der Waals surface area contributed by atoms with E-state index in [2.05, 4.69) is 4.74 Å². The monoisotopic (exact) mass is 224 g/mol. The van der Waals surface area contributed by atoms with Gasteiger partial charge in [-0.15, -0.1) is 0 Å². The van der Waals surface area contributed by atoms with E-state index in [0.29, 0.717) is 5.02 Å². The Morgan fingerprint density at radius 2 is 2.13 bits per heavy atom. The fourth-order valence-corrected chi connectivity index (χ4v) is 1.73. The van der Waals surface area contributed by atoms with E-state index in [4.69, 9.17) is 11.6 Å². The number of benzene rings is 1. The molecule has 15 heavy (non-hydrogen) atoms. The van der Waals surface area contributed by atoms with Gasteiger partial charge in [-0.2, -0.15) is 0 Å². The van der Waals surface area contributed by atoms with Gasteiger partial charge in [0.15, 0.2) is 0 Å². The van der Waals surface area contributed by atoms with Gasteiger partial charge in [0, 0.05) is 5.02 Å². The van der Waals surface area contributed by atoms with E-state index >= 15 is 0 Å². The van der Waals surface area contributed by atoms with Crippen LogP contribution >= 0.6 is 11.6 Å². The summed E-state index contributed by atoms with van der Waals surface area (Å²) < 4.78 is 4.49. The van der Waals surface area contributed by atoms with Crippen molar-refractivity contribution in [2.75, 3.05) is 0 Å². The zero-order valence-corrected chi connectivity index (χ0v) is 8.88. The van der Waals surface area contributed by atoms with Crippen molar-refractivity contribution in [3.8, 4) is 0 Å². The molecule has 0 spiro atoms. The summed E-state index contributed by atoms with van der Waals surface area (Å²) in [6, 6.07) is 5.29. The lowest BCUT2D eigenvalue weighted by atomic mass is 9.96. The Morgan fingerprint density at radius 1 is 1.40 bits per heavy atom. The van der Waals surface area contributed by atoms with E-state index in [1.165, 1.54) is 0 Å². The van der Waals surface area contributed by atoms with Crippen LogP contribution < -0.4 is 0 Å². The molecule has 0 amide bonds. The van der Waals surface area contributed by atoms with Gasteiger partial charge in [-0.3, -0.25) is 9.59 Å². The van der Waals surface area contributed by atoms with E-state index < -0.39 is 17.9 Å². The van der Waals surface area contributed by atoms with Gasteiger partial charge in [0.1, 0.15) is 0 Å². The molecule has 0 aliphatic carbocycles. The number of carbonyl (C=O) groups excluding carboxylic acids is 2. The molecular weight excluding hydrogens is 216 g/mol. The van der Waals surface area contributed by atoms with Crippen molar-refractivity contribution in [2.45, 2.75) is 19.3 Å². The number of aryl methyl sites for hydroxylation is 1. The molecule has 0 radical (unpaired) electrons. The summed E-state index contributed by atoms with van der Waals surface area (Å²) in [6.45, 7) is 1.86. The van der Waals surface area contributed by atoms with Crippen molar-refractivity contribution >= 4 is 23.5 Å². The molecule has 0 bridgehead atoms. The predicted octanol–water partition coefficient (Wildman–Crippen LogP) is 2.21. The molecule has 1 aliphatic heterocycles. The molecule has 1 saturated heterocycles. The normalized spacial score (nSPS) is 20.5. The minimum atomic E-state index is -0.471. The first-order chi connectivity index (χ1) is 7.08. The second kappa shape index (κ2) is 3.66. The number of cyclic esters (lactones) is 2. The number of hydrogen-bond donors (Lipinski definition) is 0. The molecule has 0 aromatic heterocycles. The maximum Gasteiger partial charge on any atom is 0.321 e. The quantitative estimate of drug-likeness (QED) is 0.543. The van der Waals surface area contributed by atoms with Gasteiger partial charge >= 0.3 is 11.9 Å². The van der Waals surface area contributed by atoms with E-state index in [1.54, 1.807) is 12.1 Å². The third kappa shape index (κ3) is 1.88. The molecule has 0 N–H and O–H groups in total. The van der Waals surface area contributed by atoms with Crippen LogP contribution in [0.1, 0.15) is 23.5 Å². The number of carbonyl (C=O) groups is 2. The Bertz CT molecular complexity index is 439. The second-order valence-electron chi connectivity index (χ2n) is 3.56. The van der Waals surface area contributed by atoms with Crippen molar-refractivity contribution in [3.63, 3.8) is 0 Å². The first-order valence-corrected chi connectivity index (χ1v) is 4.96. The standard InChI is InChI=1S/C11H9ClO3/c1-6-4-7(2-3-9(6)12)8-5-10(13)15-11(8)14/h2-4,8H,5H2,1H3. The third-order valence-electron chi connectivity index (χ3n) is 2.45. The van der Waals surface area contributed by atoms with Crippen molar-refractivity contribution in [2.24, 2.45) is 0 Å². The molecule has 3 nitrogen and oxygen atoms in total. The van der Waals surface area contributed by atoms with Crippen LogP contribution in [0, 0.1) is 6.92 Å². The van der Waals surface area contributed by atoms with Gasteiger partial charge in [-0.05, 0) is 24.1 Å². The molecule has 1 fully saturated rings. The van der Waals surface area contributed by atoms with Crippen LogP contribution in [-0.4, -0.2) is 11.9 Å². The highest BCUT2D eigenvalue weighted by molar-refractivity contribution is 6.31. The zero-order chi connectivity index (χ0) is 11.0. The number of ether oxygens (including phenoxy) is 1. The summed E-state index contributed by atoms with van der Waals surface area (Å²) in [5, 5.41) is 0.649. The van der Waals surface area contributed by atoms with Crippen LogP contribution in [0.15, 0.2) is 18.2 Å². The van der Waals surface area contributed by atoms with Crippen molar-refractivity contribution < 1.29 is 14.3 Å². The van der Waals surface area contributed by atoms with E-state index in [9.17, 15) is 9.59 Å². The molecule has 1 aromatic carbocycles. The summed E-state index contributed by atoms with van der Waals surface area (Å²) in [6.07, 6.45) is 0.125. The van der Waals surface area contributed by atoms with Crippen LogP contribution in [0.4, 0.5) is 0 Å². The highest BCUT2D eigenvalue weighted by Gasteiger charge is 2.34. The van der Waals surface area contributed by atoms with Gasteiger partial charge < -0.3 is 4.74 Å². The zero-order valence-electron chi connectivity index (χ0n) is 8.12. The number of hydrogen-bond acceptors (Lipinski definition) is 3.